The van der Waals surface area contributed by atoms with Crippen molar-refractivity contribution in [3.63, 3.8) is 0 Å². The zero-order chi connectivity index (χ0) is 15.5. The summed E-state index contributed by atoms with van der Waals surface area (Å²) in [7, 11) is 0. The Bertz CT molecular complexity index is 473. The number of hydrogen-bond donors (Lipinski definition) is 2. The van der Waals surface area contributed by atoms with Crippen LogP contribution in [0.2, 0.25) is 0 Å². The molecule has 21 heavy (non-hydrogen) atoms. The molecule has 2 rings (SSSR count). The molecular weight excluding hydrogens is 272 g/mol. The molecule has 0 aromatic carbocycles. The van der Waals surface area contributed by atoms with E-state index in [2.05, 4.69) is 15.2 Å². The average Bonchev–Trinajstić information content (AvgIpc) is 2.86. The van der Waals surface area contributed by atoms with Crippen molar-refractivity contribution in [2.45, 2.75) is 26.0 Å². The van der Waals surface area contributed by atoms with Crippen LogP contribution in [-0.4, -0.2) is 80.7 Å². The largest absolute Gasteiger partial charge is 0.389 e. The van der Waals surface area contributed by atoms with Gasteiger partial charge in [-0.1, -0.05) is 5.21 Å². The van der Waals surface area contributed by atoms with Crippen molar-refractivity contribution < 1.29 is 9.90 Å². The topological polar surface area (TPSA) is 101 Å². The van der Waals surface area contributed by atoms with Crippen LogP contribution in [0.5, 0.6) is 0 Å². The van der Waals surface area contributed by atoms with Gasteiger partial charge in [-0.2, -0.15) is 0 Å². The van der Waals surface area contributed by atoms with Crippen molar-refractivity contribution in [1.29, 1.82) is 0 Å². The first-order valence-electron chi connectivity index (χ1n) is 7.23. The van der Waals surface area contributed by atoms with Gasteiger partial charge in [-0.15, -0.1) is 5.10 Å². The lowest BCUT2D eigenvalue weighted by atomic mass is 10.1. The van der Waals surface area contributed by atoms with Gasteiger partial charge in [0.25, 0.3) is 5.91 Å². The van der Waals surface area contributed by atoms with Crippen LogP contribution in [0.15, 0.2) is 6.20 Å². The molecular formula is C13H24N6O2. The maximum atomic E-state index is 12.3. The summed E-state index contributed by atoms with van der Waals surface area (Å²) in [5.41, 5.74) is 5.09. The Morgan fingerprint density at radius 3 is 2.62 bits per heavy atom. The van der Waals surface area contributed by atoms with E-state index in [1.165, 1.54) is 0 Å². The van der Waals surface area contributed by atoms with Gasteiger partial charge in [-0.3, -0.25) is 14.4 Å². The van der Waals surface area contributed by atoms with Gasteiger partial charge in [0, 0.05) is 39.3 Å². The molecule has 1 aliphatic heterocycles. The minimum atomic E-state index is -0.711. The van der Waals surface area contributed by atoms with Crippen LogP contribution in [-0.2, 0) is 6.54 Å². The third-order valence-electron chi connectivity index (χ3n) is 3.39. The molecule has 2 heterocycles. The smallest absolute Gasteiger partial charge is 0.276 e. The van der Waals surface area contributed by atoms with Crippen LogP contribution < -0.4 is 5.73 Å². The third kappa shape index (κ3) is 4.48. The van der Waals surface area contributed by atoms with Gasteiger partial charge in [-0.25, -0.2) is 0 Å². The van der Waals surface area contributed by atoms with E-state index in [4.69, 9.17) is 5.73 Å². The second kappa shape index (κ2) is 6.50. The molecule has 118 valence electrons. The predicted molar refractivity (Wildman–Crippen MR) is 77.7 cm³/mol. The summed E-state index contributed by atoms with van der Waals surface area (Å²) >= 11 is 0. The minimum Gasteiger partial charge on any atom is -0.389 e. The van der Waals surface area contributed by atoms with Gasteiger partial charge < -0.3 is 15.7 Å². The Kier molecular flexibility index (Phi) is 4.92. The maximum Gasteiger partial charge on any atom is 0.276 e. The van der Waals surface area contributed by atoms with Crippen LogP contribution in [0.4, 0.5) is 0 Å². The van der Waals surface area contributed by atoms with E-state index < -0.39 is 5.60 Å². The van der Waals surface area contributed by atoms with Gasteiger partial charge in [0.1, 0.15) is 0 Å². The highest BCUT2D eigenvalue weighted by Gasteiger charge is 2.26. The number of carbonyl (C=O) groups excluding carboxylic acids is 1. The van der Waals surface area contributed by atoms with E-state index >= 15 is 0 Å². The average molecular weight is 296 g/mol. The Labute approximate surface area is 124 Å². The summed E-state index contributed by atoms with van der Waals surface area (Å²) in [6.07, 6.45) is 1.64. The van der Waals surface area contributed by atoms with E-state index in [0.29, 0.717) is 38.4 Å². The number of rotatable bonds is 5. The maximum absolute atomic E-state index is 12.3. The number of amides is 1. The lowest BCUT2D eigenvalue weighted by molar-refractivity contribution is 0.0177. The monoisotopic (exact) mass is 296 g/mol. The summed E-state index contributed by atoms with van der Waals surface area (Å²) in [4.78, 5) is 16.3. The fourth-order valence-electron chi connectivity index (χ4n) is 2.46. The Morgan fingerprint density at radius 1 is 1.38 bits per heavy atom. The Balaban J connectivity index is 1.87. The van der Waals surface area contributed by atoms with Crippen molar-refractivity contribution in [2.24, 2.45) is 5.73 Å². The number of nitrogens with two attached hydrogens (primary N) is 1. The molecule has 1 saturated heterocycles. The second-order valence-electron chi connectivity index (χ2n) is 6.04. The molecule has 0 atom stereocenters. The van der Waals surface area contributed by atoms with Crippen molar-refractivity contribution in [3.05, 3.63) is 11.9 Å². The second-order valence-corrected chi connectivity index (χ2v) is 6.04. The van der Waals surface area contributed by atoms with Crippen LogP contribution >= 0.6 is 0 Å². The molecule has 0 aliphatic carbocycles. The number of carbonyl (C=O) groups is 1. The standard InChI is InChI=1S/C13H24N6O2/c1-13(2,21)10-17-5-7-18(8-6-17)12(20)11-9-19(4-3-14)16-15-11/h9,21H,3-8,10,14H2,1-2H3. The van der Waals surface area contributed by atoms with Gasteiger partial charge in [0.2, 0.25) is 0 Å². The van der Waals surface area contributed by atoms with Crippen molar-refractivity contribution >= 4 is 5.91 Å². The predicted octanol–water partition coefficient (Wildman–Crippen LogP) is -1.23. The first kappa shape index (κ1) is 15.9. The molecule has 1 fully saturated rings. The van der Waals surface area contributed by atoms with Gasteiger partial charge in [-0.05, 0) is 13.8 Å². The van der Waals surface area contributed by atoms with E-state index in [1.807, 2.05) is 0 Å². The summed E-state index contributed by atoms with van der Waals surface area (Å²) < 4.78 is 1.58. The highest BCUT2D eigenvalue weighted by atomic mass is 16.3. The quantitative estimate of drug-likeness (QED) is 0.705. The first-order chi connectivity index (χ1) is 9.89. The van der Waals surface area contributed by atoms with Gasteiger partial charge in [0.15, 0.2) is 5.69 Å². The molecule has 1 aromatic heterocycles. The molecule has 8 heteroatoms. The molecule has 0 unspecified atom stereocenters. The number of aromatic nitrogens is 3. The van der Waals surface area contributed by atoms with E-state index in [0.717, 1.165) is 13.1 Å². The normalized spacial score (nSPS) is 17.2. The Morgan fingerprint density at radius 2 is 2.05 bits per heavy atom. The number of nitrogens with zero attached hydrogens (tertiary/aromatic N) is 5. The zero-order valence-corrected chi connectivity index (χ0v) is 12.7. The van der Waals surface area contributed by atoms with Crippen molar-refractivity contribution in [1.82, 2.24) is 24.8 Å². The lowest BCUT2D eigenvalue weighted by Gasteiger charge is -2.36. The van der Waals surface area contributed by atoms with E-state index in [9.17, 15) is 9.90 Å². The molecule has 1 aromatic rings. The highest BCUT2D eigenvalue weighted by molar-refractivity contribution is 5.92. The molecule has 0 saturated carbocycles. The summed E-state index contributed by atoms with van der Waals surface area (Å²) in [5.74, 6) is -0.0961. The van der Waals surface area contributed by atoms with Crippen LogP contribution in [0.3, 0.4) is 0 Å². The molecule has 0 spiro atoms. The lowest BCUT2D eigenvalue weighted by Crippen LogP contribution is -2.52. The van der Waals surface area contributed by atoms with Gasteiger partial charge >= 0.3 is 0 Å². The molecule has 0 bridgehead atoms. The summed E-state index contributed by atoms with van der Waals surface area (Å²) in [5, 5.41) is 17.6. The van der Waals surface area contributed by atoms with E-state index in [-0.39, 0.29) is 5.91 Å². The first-order valence-corrected chi connectivity index (χ1v) is 7.23. The fraction of sp³-hybridized carbons (Fsp3) is 0.769. The van der Waals surface area contributed by atoms with Crippen molar-refractivity contribution in [3.8, 4) is 0 Å². The van der Waals surface area contributed by atoms with Gasteiger partial charge in [0.05, 0.1) is 18.3 Å². The Hall–Kier alpha value is -1.51. The van der Waals surface area contributed by atoms with Crippen LogP contribution in [0.1, 0.15) is 24.3 Å². The number of piperazine rings is 1. The van der Waals surface area contributed by atoms with Crippen LogP contribution in [0.25, 0.3) is 0 Å². The molecule has 0 radical (unpaired) electrons. The third-order valence-corrected chi connectivity index (χ3v) is 3.39. The number of β-amino-alcohol motifs (C(OH)–C–C–N with tert-alkyl or cyclic N) is 1. The number of aliphatic hydroxyl groups is 1. The summed E-state index contributed by atoms with van der Waals surface area (Å²) in [6, 6.07) is 0. The minimum absolute atomic E-state index is 0.0961. The fourth-order valence-corrected chi connectivity index (χ4v) is 2.46. The van der Waals surface area contributed by atoms with Crippen molar-refractivity contribution in [2.75, 3.05) is 39.3 Å². The molecule has 8 nitrogen and oxygen atoms in total. The summed E-state index contributed by atoms with van der Waals surface area (Å²) in [6.45, 7) is 8.01. The molecule has 3 N–H and O–H groups in total. The SMILES string of the molecule is CC(C)(O)CN1CCN(C(=O)c2cn(CCN)nn2)CC1. The zero-order valence-electron chi connectivity index (χ0n) is 12.7. The van der Waals surface area contributed by atoms with E-state index in [1.54, 1.807) is 29.6 Å². The molecule has 1 aliphatic rings. The van der Waals surface area contributed by atoms with Crippen LogP contribution in [0, 0.1) is 0 Å². The number of hydrogen-bond acceptors (Lipinski definition) is 6. The highest BCUT2D eigenvalue weighted by Crippen LogP contribution is 2.10. The molecule has 1 amide bonds.